The zero-order chi connectivity index (χ0) is 17.4. The predicted molar refractivity (Wildman–Crippen MR) is 91.7 cm³/mol. The summed E-state index contributed by atoms with van der Waals surface area (Å²) in [5.41, 5.74) is 2.63. The van der Waals surface area contributed by atoms with Crippen molar-refractivity contribution in [2.24, 2.45) is 14.1 Å². The van der Waals surface area contributed by atoms with Crippen LogP contribution >= 0.6 is 0 Å². The van der Waals surface area contributed by atoms with Crippen molar-refractivity contribution in [1.29, 1.82) is 5.26 Å². The van der Waals surface area contributed by atoms with E-state index in [4.69, 9.17) is 5.26 Å². The van der Waals surface area contributed by atoms with Gasteiger partial charge in [0.2, 0.25) is 0 Å². The number of hydrogen-bond donors (Lipinski definition) is 0. The van der Waals surface area contributed by atoms with Crippen molar-refractivity contribution in [2.75, 3.05) is 0 Å². The van der Waals surface area contributed by atoms with E-state index in [0.29, 0.717) is 22.3 Å². The minimum Gasteiger partial charge on any atom is -0.280 e. The van der Waals surface area contributed by atoms with Crippen molar-refractivity contribution < 1.29 is 0 Å². The predicted octanol–water partition coefficient (Wildman–Crippen LogP) is 1.67. The molecule has 0 aliphatic rings. The fourth-order valence-electron chi connectivity index (χ4n) is 2.73. The van der Waals surface area contributed by atoms with E-state index in [0.717, 1.165) is 15.7 Å². The fraction of sp³-hybridized carbons (Fsp3) is 0.222. The van der Waals surface area contributed by atoms with E-state index < -0.39 is 11.2 Å². The molecule has 120 valence electrons. The van der Waals surface area contributed by atoms with Crippen LogP contribution in [0.25, 0.3) is 22.3 Å². The Kier molecular flexibility index (Phi) is 3.78. The van der Waals surface area contributed by atoms with Crippen molar-refractivity contribution in [3.63, 3.8) is 0 Å². The van der Waals surface area contributed by atoms with Gasteiger partial charge < -0.3 is 0 Å². The highest BCUT2D eigenvalue weighted by molar-refractivity contribution is 5.82. The van der Waals surface area contributed by atoms with E-state index in [-0.39, 0.29) is 6.42 Å². The molecular weight excluding hydrogens is 304 g/mol. The molecule has 0 radical (unpaired) electrons. The van der Waals surface area contributed by atoms with Gasteiger partial charge in [-0.05, 0) is 18.6 Å². The second-order valence-electron chi connectivity index (χ2n) is 5.77. The average molecular weight is 320 g/mol. The van der Waals surface area contributed by atoms with E-state index in [1.54, 1.807) is 13.1 Å². The Morgan fingerprint density at radius 3 is 2.42 bits per heavy atom. The first-order valence-corrected chi connectivity index (χ1v) is 7.47. The zero-order valence-corrected chi connectivity index (χ0v) is 13.7. The highest BCUT2D eigenvalue weighted by Crippen LogP contribution is 2.23. The molecular formula is C18H16N4O2. The van der Waals surface area contributed by atoms with Gasteiger partial charge in [-0.3, -0.25) is 13.9 Å². The topological polar surface area (TPSA) is 80.7 Å². The van der Waals surface area contributed by atoms with Gasteiger partial charge in [-0.25, -0.2) is 9.78 Å². The number of benzene rings is 1. The molecule has 1 aromatic carbocycles. The smallest absolute Gasteiger partial charge is 0.280 e. The molecule has 6 nitrogen and oxygen atoms in total. The van der Waals surface area contributed by atoms with Gasteiger partial charge in [-0.2, -0.15) is 5.26 Å². The molecule has 2 heterocycles. The molecule has 0 N–H and O–H groups in total. The summed E-state index contributed by atoms with van der Waals surface area (Å²) in [7, 11) is 3.00. The lowest BCUT2D eigenvalue weighted by atomic mass is 10.0. The van der Waals surface area contributed by atoms with Crippen LogP contribution in [0.4, 0.5) is 0 Å². The van der Waals surface area contributed by atoms with Crippen molar-refractivity contribution in [1.82, 2.24) is 14.1 Å². The maximum atomic E-state index is 12.5. The molecule has 24 heavy (non-hydrogen) atoms. The number of pyridine rings is 1. The standard InChI is InChI=1S/C18H16N4O2/c1-11-4-6-12(7-5-11)14-10-13(8-9-19)15-16(20-14)21(2)18(24)22(3)17(15)23/h4-7,10H,8H2,1-3H3. The van der Waals surface area contributed by atoms with Crippen LogP contribution in [0, 0.1) is 18.3 Å². The van der Waals surface area contributed by atoms with Crippen LogP contribution in [0.15, 0.2) is 39.9 Å². The molecule has 0 fully saturated rings. The van der Waals surface area contributed by atoms with Crippen LogP contribution in [0.3, 0.4) is 0 Å². The summed E-state index contributed by atoms with van der Waals surface area (Å²) in [6.07, 6.45) is 0.0747. The maximum Gasteiger partial charge on any atom is 0.332 e. The number of nitrogens with zero attached hydrogens (tertiary/aromatic N) is 4. The molecule has 0 bridgehead atoms. The van der Waals surface area contributed by atoms with Crippen LogP contribution in [0.1, 0.15) is 11.1 Å². The Morgan fingerprint density at radius 1 is 1.12 bits per heavy atom. The van der Waals surface area contributed by atoms with Crippen LogP contribution in [0.2, 0.25) is 0 Å². The van der Waals surface area contributed by atoms with Gasteiger partial charge in [0.15, 0.2) is 0 Å². The van der Waals surface area contributed by atoms with Gasteiger partial charge in [0.05, 0.1) is 23.6 Å². The van der Waals surface area contributed by atoms with Gasteiger partial charge in [0.25, 0.3) is 5.56 Å². The number of rotatable bonds is 2. The monoisotopic (exact) mass is 320 g/mol. The summed E-state index contributed by atoms with van der Waals surface area (Å²) < 4.78 is 2.38. The molecule has 3 rings (SSSR count). The molecule has 3 aromatic rings. The van der Waals surface area contributed by atoms with Crippen molar-refractivity contribution in [3.05, 3.63) is 62.3 Å². The second kappa shape index (κ2) is 5.78. The summed E-state index contributed by atoms with van der Waals surface area (Å²) >= 11 is 0. The molecule has 0 spiro atoms. The zero-order valence-electron chi connectivity index (χ0n) is 13.7. The van der Waals surface area contributed by atoms with E-state index in [1.165, 1.54) is 11.6 Å². The number of aromatic nitrogens is 3. The average Bonchev–Trinajstić information content (AvgIpc) is 2.58. The highest BCUT2D eigenvalue weighted by atomic mass is 16.2. The van der Waals surface area contributed by atoms with Crippen LogP contribution in [-0.4, -0.2) is 14.1 Å². The molecule has 0 aliphatic carbocycles. The first kappa shape index (κ1) is 15.7. The van der Waals surface area contributed by atoms with Crippen molar-refractivity contribution >= 4 is 11.0 Å². The third-order valence-electron chi connectivity index (χ3n) is 4.11. The molecule has 2 aromatic heterocycles. The van der Waals surface area contributed by atoms with Gasteiger partial charge >= 0.3 is 5.69 Å². The Balaban J connectivity index is 2.44. The van der Waals surface area contributed by atoms with Crippen LogP contribution in [-0.2, 0) is 20.5 Å². The summed E-state index contributed by atoms with van der Waals surface area (Å²) in [4.78, 5) is 29.2. The summed E-state index contributed by atoms with van der Waals surface area (Å²) in [5.74, 6) is 0. The van der Waals surface area contributed by atoms with Crippen LogP contribution < -0.4 is 11.2 Å². The molecule has 0 aliphatic heterocycles. The minimum absolute atomic E-state index is 0.0747. The first-order chi connectivity index (χ1) is 11.4. The van der Waals surface area contributed by atoms with E-state index in [2.05, 4.69) is 11.1 Å². The minimum atomic E-state index is -0.441. The Labute approximate surface area is 138 Å². The normalized spacial score (nSPS) is 10.8. The Bertz CT molecular complexity index is 1100. The lowest BCUT2D eigenvalue weighted by Gasteiger charge is -2.12. The lowest BCUT2D eigenvalue weighted by Crippen LogP contribution is -2.37. The molecule has 0 saturated carbocycles. The highest BCUT2D eigenvalue weighted by Gasteiger charge is 2.16. The number of aryl methyl sites for hydroxylation is 2. The molecule has 0 saturated heterocycles. The summed E-state index contributed by atoms with van der Waals surface area (Å²) in [6.45, 7) is 1.99. The summed E-state index contributed by atoms with van der Waals surface area (Å²) in [5, 5.41) is 9.43. The third-order valence-corrected chi connectivity index (χ3v) is 4.11. The lowest BCUT2D eigenvalue weighted by molar-refractivity contribution is 0.707. The summed E-state index contributed by atoms with van der Waals surface area (Å²) in [6, 6.07) is 11.6. The molecule has 0 amide bonds. The van der Waals surface area contributed by atoms with E-state index in [9.17, 15) is 9.59 Å². The third kappa shape index (κ3) is 2.40. The number of hydrogen-bond acceptors (Lipinski definition) is 4. The molecule has 0 atom stereocenters. The van der Waals surface area contributed by atoms with Gasteiger partial charge in [0, 0.05) is 19.7 Å². The van der Waals surface area contributed by atoms with E-state index in [1.807, 2.05) is 31.2 Å². The largest absolute Gasteiger partial charge is 0.332 e. The molecule has 0 unspecified atom stereocenters. The van der Waals surface area contributed by atoms with Crippen LogP contribution in [0.5, 0.6) is 0 Å². The fourth-order valence-corrected chi connectivity index (χ4v) is 2.73. The quantitative estimate of drug-likeness (QED) is 0.719. The SMILES string of the molecule is Cc1ccc(-c2cc(CC#N)c3c(=O)n(C)c(=O)n(C)c3n2)cc1. The van der Waals surface area contributed by atoms with Crippen molar-refractivity contribution in [2.45, 2.75) is 13.3 Å². The second-order valence-corrected chi connectivity index (χ2v) is 5.77. The Hall–Kier alpha value is -3.20. The number of nitriles is 1. The maximum absolute atomic E-state index is 12.5. The first-order valence-electron chi connectivity index (χ1n) is 7.47. The van der Waals surface area contributed by atoms with Gasteiger partial charge in [-0.15, -0.1) is 0 Å². The Morgan fingerprint density at radius 2 is 1.79 bits per heavy atom. The molecule has 6 heteroatoms. The number of fused-ring (bicyclic) bond motifs is 1. The van der Waals surface area contributed by atoms with Gasteiger partial charge in [0.1, 0.15) is 5.65 Å². The van der Waals surface area contributed by atoms with Crippen molar-refractivity contribution in [3.8, 4) is 17.3 Å². The van der Waals surface area contributed by atoms with Gasteiger partial charge in [-0.1, -0.05) is 29.8 Å². The van der Waals surface area contributed by atoms with E-state index >= 15 is 0 Å².